The van der Waals surface area contributed by atoms with Gasteiger partial charge in [-0.3, -0.25) is 0 Å². The average Bonchev–Trinajstić information content (AvgIpc) is 2.67. The van der Waals surface area contributed by atoms with Crippen LogP contribution in [0.3, 0.4) is 0 Å². The second-order valence-electron chi connectivity index (χ2n) is 5.31. The van der Waals surface area contributed by atoms with Crippen molar-refractivity contribution in [3.8, 4) is 11.5 Å². The first kappa shape index (κ1) is 20.7. The fraction of sp³-hybridized carbons (Fsp3) is 0.176. The summed E-state index contributed by atoms with van der Waals surface area (Å²) in [7, 11) is 0.936. The Labute approximate surface area is 163 Å². The first-order chi connectivity index (χ1) is 12.5. The molecule has 0 spiro atoms. The second-order valence-corrected chi connectivity index (χ2v) is 7.19. The average molecular weight is 411 g/mol. The van der Waals surface area contributed by atoms with Gasteiger partial charge in [0.2, 0.25) is 10.0 Å². The van der Waals surface area contributed by atoms with E-state index in [9.17, 15) is 8.42 Å². The van der Waals surface area contributed by atoms with Crippen molar-refractivity contribution >= 4 is 44.8 Å². The molecule has 0 aliphatic carbocycles. The van der Waals surface area contributed by atoms with Gasteiger partial charge in [0.25, 0.3) is 0 Å². The van der Waals surface area contributed by atoms with Gasteiger partial charge >= 0.3 is 0 Å². The van der Waals surface area contributed by atoms with Crippen LogP contribution in [0.1, 0.15) is 0 Å². The molecule has 10 heteroatoms. The molecule has 3 aromatic rings. The highest BCUT2D eigenvalue weighted by Crippen LogP contribution is 2.35. The van der Waals surface area contributed by atoms with Crippen LogP contribution in [0.5, 0.6) is 11.5 Å². The van der Waals surface area contributed by atoms with E-state index in [-0.39, 0.29) is 17.3 Å². The Morgan fingerprint density at radius 2 is 1.81 bits per heavy atom. The van der Waals surface area contributed by atoms with Crippen molar-refractivity contribution in [2.24, 2.45) is 0 Å². The number of fused-ring (bicyclic) bond motifs is 1. The maximum Gasteiger partial charge on any atom is 0.240 e. The summed E-state index contributed by atoms with van der Waals surface area (Å²) in [6, 6.07) is 9.94. The van der Waals surface area contributed by atoms with Crippen molar-refractivity contribution in [1.29, 1.82) is 0 Å². The third kappa shape index (κ3) is 4.21. The fourth-order valence-electron chi connectivity index (χ4n) is 2.50. The van der Waals surface area contributed by atoms with Crippen LogP contribution in [0.25, 0.3) is 10.9 Å². The lowest BCUT2D eigenvalue weighted by atomic mass is 10.2. The van der Waals surface area contributed by atoms with E-state index in [1.165, 1.54) is 25.5 Å². The number of hydrogen-bond donors (Lipinski definition) is 2. The first-order valence-electron chi connectivity index (χ1n) is 7.66. The summed E-state index contributed by atoms with van der Waals surface area (Å²) in [5.74, 6) is 1.65. The number of anilines is 2. The fourth-order valence-corrected chi connectivity index (χ4v) is 3.27. The van der Waals surface area contributed by atoms with Gasteiger partial charge in [0, 0.05) is 17.8 Å². The van der Waals surface area contributed by atoms with Crippen molar-refractivity contribution in [3.05, 3.63) is 42.7 Å². The van der Waals surface area contributed by atoms with E-state index >= 15 is 0 Å². The molecule has 144 valence electrons. The van der Waals surface area contributed by atoms with Crippen LogP contribution in [0, 0.1) is 0 Å². The maximum absolute atomic E-state index is 12.0. The number of ether oxygens (including phenoxy) is 2. The number of hydrogen-bond acceptors (Lipinski definition) is 7. The molecule has 27 heavy (non-hydrogen) atoms. The lowest BCUT2D eigenvalue weighted by Crippen LogP contribution is -2.18. The summed E-state index contributed by atoms with van der Waals surface area (Å²) in [6.07, 6.45) is 1.41. The molecule has 0 amide bonds. The Hall–Kier alpha value is -2.62. The Morgan fingerprint density at radius 3 is 2.48 bits per heavy atom. The third-order valence-electron chi connectivity index (χ3n) is 3.81. The molecule has 0 saturated carbocycles. The Kier molecular flexibility index (Phi) is 6.42. The van der Waals surface area contributed by atoms with Crippen LogP contribution in [0.2, 0.25) is 0 Å². The topological polar surface area (TPSA) is 102 Å². The maximum atomic E-state index is 12.0. The summed E-state index contributed by atoms with van der Waals surface area (Å²) >= 11 is 0. The van der Waals surface area contributed by atoms with Crippen molar-refractivity contribution in [1.82, 2.24) is 14.7 Å². The zero-order valence-electron chi connectivity index (χ0n) is 14.9. The highest BCUT2D eigenvalue weighted by Gasteiger charge is 2.15. The SMILES string of the molecule is CNS(=O)(=O)c1cccc(Nc2ncnc3cc(OC)cc(OC)c23)c1.Cl. The standard InChI is InChI=1S/C17H18N4O4S.ClH/c1-18-26(22,23)13-6-4-5-11(7-13)21-17-16-14(19-10-20-17)8-12(24-2)9-15(16)25-3;/h4-10,18H,1-3H3,(H,19,20,21);1H. The van der Waals surface area contributed by atoms with Gasteiger partial charge in [-0.05, 0) is 25.2 Å². The predicted octanol–water partition coefficient (Wildman–Crippen LogP) is 2.72. The minimum absolute atomic E-state index is 0. The predicted molar refractivity (Wildman–Crippen MR) is 106 cm³/mol. The Morgan fingerprint density at radius 1 is 1.04 bits per heavy atom. The number of nitrogens with one attached hydrogen (secondary N) is 2. The molecular formula is C17H19ClN4O4S. The van der Waals surface area contributed by atoms with Crippen LogP contribution in [0.15, 0.2) is 47.6 Å². The quantitative estimate of drug-likeness (QED) is 0.644. The molecule has 0 atom stereocenters. The second kappa shape index (κ2) is 8.38. The normalized spacial score (nSPS) is 10.9. The number of aromatic nitrogens is 2. The zero-order valence-corrected chi connectivity index (χ0v) is 16.5. The lowest BCUT2D eigenvalue weighted by Gasteiger charge is -2.13. The molecule has 0 aliphatic heterocycles. The highest BCUT2D eigenvalue weighted by atomic mass is 35.5. The number of benzene rings is 2. The lowest BCUT2D eigenvalue weighted by molar-refractivity contribution is 0.398. The molecule has 0 unspecified atom stereocenters. The van der Waals surface area contributed by atoms with E-state index in [4.69, 9.17) is 9.47 Å². The summed E-state index contributed by atoms with van der Waals surface area (Å²) < 4.78 is 37.0. The summed E-state index contributed by atoms with van der Waals surface area (Å²) in [4.78, 5) is 8.67. The van der Waals surface area contributed by atoms with Gasteiger partial charge in [-0.2, -0.15) is 0 Å². The van der Waals surface area contributed by atoms with Crippen molar-refractivity contribution < 1.29 is 17.9 Å². The number of halogens is 1. The number of methoxy groups -OCH3 is 2. The van der Waals surface area contributed by atoms with E-state index in [2.05, 4.69) is 20.0 Å². The molecule has 1 heterocycles. The highest BCUT2D eigenvalue weighted by molar-refractivity contribution is 7.89. The van der Waals surface area contributed by atoms with E-state index < -0.39 is 10.0 Å². The van der Waals surface area contributed by atoms with Crippen LogP contribution in [-0.2, 0) is 10.0 Å². The Bertz CT molecular complexity index is 1060. The van der Waals surface area contributed by atoms with Crippen LogP contribution in [-0.4, -0.2) is 39.7 Å². The van der Waals surface area contributed by atoms with Crippen LogP contribution < -0.4 is 19.5 Å². The Balaban J connectivity index is 0.00000261. The molecule has 0 radical (unpaired) electrons. The molecule has 0 bridgehead atoms. The van der Waals surface area contributed by atoms with Gasteiger partial charge < -0.3 is 14.8 Å². The van der Waals surface area contributed by atoms with Gasteiger partial charge in [-0.1, -0.05) is 6.07 Å². The molecule has 0 saturated heterocycles. The monoisotopic (exact) mass is 410 g/mol. The van der Waals surface area contributed by atoms with Crippen LogP contribution >= 0.6 is 12.4 Å². The van der Waals surface area contributed by atoms with Gasteiger partial charge in [0.05, 0.1) is 30.0 Å². The number of rotatable bonds is 6. The third-order valence-corrected chi connectivity index (χ3v) is 5.22. The summed E-state index contributed by atoms with van der Waals surface area (Å²) in [6.45, 7) is 0. The van der Waals surface area contributed by atoms with Gasteiger partial charge in [0.15, 0.2) is 0 Å². The minimum Gasteiger partial charge on any atom is -0.497 e. The van der Waals surface area contributed by atoms with Crippen molar-refractivity contribution in [2.45, 2.75) is 4.90 Å². The molecule has 8 nitrogen and oxygen atoms in total. The molecular weight excluding hydrogens is 392 g/mol. The van der Waals surface area contributed by atoms with Crippen molar-refractivity contribution in [2.75, 3.05) is 26.6 Å². The molecule has 1 aromatic heterocycles. The molecule has 0 aliphatic rings. The van der Waals surface area contributed by atoms with Gasteiger partial charge in [-0.25, -0.2) is 23.1 Å². The summed E-state index contributed by atoms with van der Waals surface area (Å²) in [5.41, 5.74) is 1.21. The van der Waals surface area contributed by atoms with Gasteiger partial charge in [-0.15, -0.1) is 12.4 Å². The number of nitrogens with zero attached hydrogens (tertiary/aromatic N) is 2. The van der Waals surface area contributed by atoms with E-state index in [0.29, 0.717) is 33.9 Å². The van der Waals surface area contributed by atoms with Gasteiger partial charge in [0.1, 0.15) is 23.6 Å². The van der Waals surface area contributed by atoms with Crippen molar-refractivity contribution in [3.63, 3.8) is 0 Å². The number of sulfonamides is 1. The van der Waals surface area contributed by atoms with Crippen LogP contribution in [0.4, 0.5) is 11.5 Å². The van der Waals surface area contributed by atoms with E-state index in [1.54, 1.807) is 38.5 Å². The summed E-state index contributed by atoms with van der Waals surface area (Å²) in [5, 5.41) is 3.80. The first-order valence-corrected chi connectivity index (χ1v) is 9.14. The van der Waals surface area contributed by atoms with E-state index in [1.807, 2.05) is 0 Å². The molecule has 2 N–H and O–H groups in total. The molecule has 0 fully saturated rings. The largest absolute Gasteiger partial charge is 0.497 e. The van der Waals surface area contributed by atoms with E-state index in [0.717, 1.165) is 0 Å². The zero-order chi connectivity index (χ0) is 18.7. The molecule has 2 aromatic carbocycles. The smallest absolute Gasteiger partial charge is 0.240 e. The molecule has 3 rings (SSSR count). The minimum atomic E-state index is -3.54.